The molecular formula is C20H21ClN4O2S. The quantitative estimate of drug-likeness (QED) is 0.558. The van der Waals surface area contributed by atoms with E-state index in [9.17, 15) is 4.79 Å². The standard InChI is InChI=1S/C20H21ClN4O2S/c1-24-13-22-23-20(24)28-18-9-8-17(27-18)12-25-10-2-3-15(11-25)19(26)14-4-6-16(21)7-5-14/h4-9,13,15H,2-3,10-12H2,1H3/t15-/m1/s1. The van der Waals surface area contributed by atoms with Crippen LogP contribution in [0.4, 0.5) is 0 Å². The molecule has 146 valence electrons. The summed E-state index contributed by atoms with van der Waals surface area (Å²) in [5.41, 5.74) is 0.733. The number of carbonyl (C=O) groups excluding carboxylic acids is 1. The van der Waals surface area contributed by atoms with Crippen LogP contribution in [0.3, 0.4) is 0 Å². The Morgan fingerprint density at radius 3 is 2.86 bits per heavy atom. The van der Waals surface area contributed by atoms with Crippen molar-refractivity contribution in [2.24, 2.45) is 13.0 Å². The molecule has 8 heteroatoms. The second-order valence-electron chi connectivity index (χ2n) is 6.99. The molecule has 6 nitrogen and oxygen atoms in total. The second-order valence-corrected chi connectivity index (χ2v) is 8.40. The smallest absolute Gasteiger partial charge is 0.198 e. The van der Waals surface area contributed by atoms with Crippen LogP contribution in [0.2, 0.25) is 5.02 Å². The Kier molecular flexibility index (Phi) is 5.85. The number of Topliss-reactive ketones (excluding diaryl/α,β-unsaturated/α-hetero) is 1. The van der Waals surface area contributed by atoms with Gasteiger partial charge in [0.2, 0.25) is 0 Å². The lowest BCUT2D eigenvalue weighted by Crippen LogP contribution is -2.38. The number of hydrogen-bond acceptors (Lipinski definition) is 6. The van der Waals surface area contributed by atoms with Crippen molar-refractivity contribution in [1.82, 2.24) is 19.7 Å². The average Bonchev–Trinajstić information content (AvgIpc) is 3.31. The summed E-state index contributed by atoms with van der Waals surface area (Å²) in [7, 11) is 1.90. The largest absolute Gasteiger partial charge is 0.453 e. The molecule has 1 aliphatic heterocycles. The van der Waals surface area contributed by atoms with E-state index in [2.05, 4.69) is 15.1 Å². The zero-order valence-electron chi connectivity index (χ0n) is 15.5. The highest BCUT2D eigenvalue weighted by Crippen LogP contribution is 2.29. The van der Waals surface area contributed by atoms with Crippen LogP contribution >= 0.6 is 23.4 Å². The molecular weight excluding hydrogens is 396 g/mol. The SMILES string of the molecule is Cn1cnnc1Sc1ccc(CN2CCC[C@@H](C(=O)c3ccc(Cl)cc3)C2)o1. The summed E-state index contributed by atoms with van der Waals surface area (Å²) in [5.74, 6) is 1.10. The van der Waals surface area contributed by atoms with Crippen LogP contribution in [-0.2, 0) is 13.6 Å². The molecule has 0 N–H and O–H groups in total. The maximum Gasteiger partial charge on any atom is 0.198 e. The van der Waals surface area contributed by atoms with Gasteiger partial charge in [0, 0.05) is 30.1 Å². The van der Waals surface area contributed by atoms with E-state index in [0.717, 1.165) is 47.5 Å². The van der Waals surface area contributed by atoms with Gasteiger partial charge in [-0.1, -0.05) is 11.6 Å². The zero-order chi connectivity index (χ0) is 19.5. The van der Waals surface area contributed by atoms with Gasteiger partial charge in [0.05, 0.1) is 6.54 Å². The minimum Gasteiger partial charge on any atom is -0.453 e. The van der Waals surface area contributed by atoms with Crippen molar-refractivity contribution in [2.75, 3.05) is 13.1 Å². The molecule has 1 atom stereocenters. The maximum atomic E-state index is 12.8. The lowest BCUT2D eigenvalue weighted by Gasteiger charge is -2.31. The van der Waals surface area contributed by atoms with Crippen LogP contribution in [0.1, 0.15) is 29.0 Å². The highest BCUT2D eigenvalue weighted by molar-refractivity contribution is 7.99. The lowest BCUT2D eigenvalue weighted by molar-refractivity contribution is 0.0801. The first-order chi connectivity index (χ1) is 13.6. The lowest BCUT2D eigenvalue weighted by atomic mass is 9.90. The molecule has 4 rings (SSSR count). The Morgan fingerprint density at radius 2 is 2.11 bits per heavy atom. The van der Waals surface area contributed by atoms with E-state index in [1.807, 2.05) is 35.9 Å². The van der Waals surface area contributed by atoms with E-state index in [1.54, 1.807) is 18.5 Å². The van der Waals surface area contributed by atoms with Gasteiger partial charge in [-0.15, -0.1) is 10.2 Å². The molecule has 0 unspecified atom stereocenters. The topological polar surface area (TPSA) is 64.2 Å². The predicted molar refractivity (Wildman–Crippen MR) is 108 cm³/mol. The van der Waals surface area contributed by atoms with Crippen molar-refractivity contribution >= 4 is 29.1 Å². The fraction of sp³-hybridized carbons (Fsp3) is 0.350. The van der Waals surface area contributed by atoms with E-state index in [1.165, 1.54) is 11.8 Å². The van der Waals surface area contributed by atoms with Gasteiger partial charge in [0.25, 0.3) is 0 Å². The molecule has 3 aromatic rings. The summed E-state index contributed by atoms with van der Waals surface area (Å²) >= 11 is 7.38. The van der Waals surface area contributed by atoms with E-state index in [4.69, 9.17) is 16.0 Å². The number of ketones is 1. The van der Waals surface area contributed by atoms with Gasteiger partial charge in [-0.25, -0.2) is 0 Å². The molecule has 1 aliphatic rings. The number of likely N-dealkylation sites (tertiary alicyclic amines) is 1. The second kappa shape index (κ2) is 8.51. The van der Waals surface area contributed by atoms with E-state index >= 15 is 0 Å². The summed E-state index contributed by atoms with van der Waals surface area (Å²) in [6, 6.07) is 11.1. The number of piperidine rings is 1. The Bertz CT molecular complexity index is 953. The monoisotopic (exact) mass is 416 g/mol. The van der Waals surface area contributed by atoms with Crippen LogP contribution in [0.25, 0.3) is 0 Å². The number of rotatable bonds is 6. The molecule has 3 heterocycles. The predicted octanol–water partition coefficient (Wildman–Crippen LogP) is 4.31. The van der Waals surface area contributed by atoms with Gasteiger partial charge in [-0.3, -0.25) is 9.69 Å². The summed E-state index contributed by atoms with van der Waals surface area (Å²) in [6.07, 6.45) is 3.59. The van der Waals surface area contributed by atoms with E-state index < -0.39 is 0 Å². The van der Waals surface area contributed by atoms with Gasteiger partial charge in [-0.05, 0) is 67.5 Å². The Morgan fingerprint density at radius 1 is 1.29 bits per heavy atom. The number of aryl methyl sites for hydroxylation is 1. The molecule has 0 aliphatic carbocycles. The van der Waals surface area contributed by atoms with Crippen molar-refractivity contribution < 1.29 is 9.21 Å². The van der Waals surface area contributed by atoms with Gasteiger partial charge >= 0.3 is 0 Å². The average molecular weight is 417 g/mol. The number of furan rings is 1. The van der Waals surface area contributed by atoms with Gasteiger partial charge in [0.1, 0.15) is 12.1 Å². The van der Waals surface area contributed by atoms with Crippen LogP contribution in [0.15, 0.2) is 57.4 Å². The zero-order valence-corrected chi connectivity index (χ0v) is 17.1. The molecule has 0 bridgehead atoms. The van der Waals surface area contributed by atoms with Crippen molar-refractivity contribution in [3.05, 3.63) is 59.1 Å². The molecule has 28 heavy (non-hydrogen) atoms. The molecule has 0 radical (unpaired) electrons. The number of benzene rings is 1. The molecule has 1 saturated heterocycles. The summed E-state index contributed by atoms with van der Waals surface area (Å²) in [5, 5.41) is 10.2. The first-order valence-electron chi connectivity index (χ1n) is 9.21. The molecule has 0 saturated carbocycles. The van der Waals surface area contributed by atoms with Crippen molar-refractivity contribution in [1.29, 1.82) is 0 Å². The Hall–Kier alpha value is -2.09. The molecule has 2 aromatic heterocycles. The minimum atomic E-state index is 0.0115. The molecule has 0 amide bonds. The van der Waals surface area contributed by atoms with Gasteiger partial charge < -0.3 is 8.98 Å². The number of hydrogen-bond donors (Lipinski definition) is 0. The van der Waals surface area contributed by atoms with E-state index in [-0.39, 0.29) is 11.7 Å². The fourth-order valence-corrected chi connectivity index (χ4v) is 4.31. The van der Waals surface area contributed by atoms with E-state index in [0.29, 0.717) is 11.6 Å². The third-order valence-corrected chi connectivity index (χ3v) is 6.11. The minimum absolute atomic E-state index is 0.0115. The summed E-state index contributed by atoms with van der Waals surface area (Å²) in [6.45, 7) is 2.41. The van der Waals surface area contributed by atoms with Crippen LogP contribution in [0, 0.1) is 5.92 Å². The van der Waals surface area contributed by atoms with Crippen LogP contribution in [0.5, 0.6) is 0 Å². The molecule has 1 fully saturated rings. The third kappa shape index (κ3) is 4.48. The van der Waals surface area contributed by atoms with Crippen LogP contribution in [-0.4, -0.2) is 38.5 Å². The van der Waals surface area contributed by atoms with Crippen molar-refractivity contribution in [3.63, 3.8) is 0 Å². The number of halogens is 1. The third-order valence-electron chi connectivity index (χ3n) is 4.88. The normalized spacial score (nSPS) is 17.7. The van der Waals surface area contributed by atoms with Gasteiger partial charge in [-0.2, -0.15) is 0 Å². The fourth-order valence-electron chi connectivity index (χ4n) is 3.44. The molecule has 1 aromatic carbocycles. The van der Waals surface area contributed by atoms with Crippen LogP contribution < -0.4 is 0 Å². The Labute approximate surface area is 172 Å². The van der Waals surface area contributed by atoms with Gasteiger partial charge in [0.15, 0.2) is 16.0 Å². The first-order valence-corrected chi connectivity index (χ1v) is 10.4. The van der Waals surface area contributed by atoms with Crippen molar-refractivity contribution in [2.45, 2.75) is 29.6 Å². The van der Waals surface area contributed by atoms with Crippen molar-refractivity contribution in [3.8, 4) is 0 Å². The number of nitrogens with zero attached hydrogens (tertiary/aromatic N) is 4. The summed E-state index contributed by atoms with van der Waals surface area (Å²) in [4.78, 5) is 15.1. The summed E-state index contributed by atoms with van der Waals surface area (Å²) < 4.78 is 7.80. The molecule has 0 spiro atoms. The highest BCUT2D eigenvalue weighted by Gasteiger charge is 2.27. The maximum absolute atomic E-state index is 12.8. The first kappa shape index (κ1) is 19.2. The number of aromatic nitrogens is 3. The number of carbonyl (C=O) groups is 1. The Balaban J connectivity index is 1.37. The highest BCUT2D eigenvalue weighted by atomic mass is 35.5.